The van der Waals surface area contributed by atoms with Crippen LogP contribution in [0.5, 0.6) is 0 Å². The molecule has 87 heavy (non-hydrogen) atoms. The van der Waals surface area contributed by atoms with Crippen molar-refractivity contribution < 1.29 is 28.8 Å². The van der Waals surface area contributed by atoms with Crippen molar-refractivity contribution in [1.82, 2.24) is 0 Å². The van der Waals surface area contributed by atoms with Gasteiger partial charge >= 0.3 is 5.97 Å². The summed E-state index contributed by atoms with van der Waals surface area (Å²) in [6.45, 7) is 5.89. The van der Waals surface area contributed by atoms with E-state index < -0.39 is 11.5 Å². The lowest BCUT2D eigenvalue weighted by molar-refractivity contribution is -0.132. The molecule has 6 heterocycles. The number of rotatable bonds is 22. The molecule has 13 heteroatoms. The maximum Gasteiger partial charge on any atom is 0.346 e. The highest BCUT2D eigenvalue weighted by molar-refractivity contribution is 6.77. The monoisotopic (exact) mass is 1140 g/mol. The number of anilines is 6. The molecule has 6 aliphatic rings. The van der Waals surface area contributed by atoms with E-state index in [1.54, 1.807) is 0 Å². The van der Waals surface area contributed by atoms with Gasteiger partial charge in [0.1, 0.15) is 38.1 Å². The molecule has 4 radical (unpaired) electrons. The normalized spacial score (nSPS) is 16.3. The van der Waals surface area contributed by atoms with Crippen molar-refractivity contribution in [3.63, 3.8) is 0 Å². The van der Waals surface area contributed by atoms with Crippen LogP contribution in [0.1, 0.15) is 83.6 Å². The molecule has 9 nitrogen and oxygen atoms in total. The number of fused-ring (bicyclic) bond motifs is 4. The number of benzene rings is 7. The van der Waals surface area contributed by atoms with E-state index in [-0.39, 0.29) is 0 Å². The molecular formula is C74H65B4N3O6. The molecule has 13 rings (SSSR count). The number of hydrogen-bond donors (Lipinski definition) is 1. The molecule has 1 N–H and O–H groups in total. The number of allylic oxidation sites excluding steroid dienone is 12. The summed E-state index contributed by atoms with van der Waals surface area (Å²) in [6.07, 6.45) is 17.1. The maximum absolute atomic E-state index is 12.1. The van der Waals surface area contributed by atoms with Gasteiger partial charge in [-0.05, 0) is 147 Å². The highest BCUT2D eigenvalue weighted by Gasteiger charge is 2.41. The quantitative estimate of drug-likeness (QED) is 0.0307. The number of carbonyl (C=O) groups is 1. The van der Waals surface area contributed by atoms with Crippen molar-refractivity contribution in [2.45, 2.75) is 78.1 Å². The fourth-order valence-corrected chi connectivity index (χ4v) is 12.8. The summed E-state index contributed by atoms with van der Waals surface area (Å²) in [6, 6.07) is 61.2. The number of ether oxygens (including phenoxy) is 4. The van der Waals surface area contributed by atoms with Gasteiger partial charge in [0, 0.05) is 34.1 Å². The Bertz CT molecular complexity index is 4060. The molecule has 0 unspecified atom stereocenters. The van der Waals surface area contributed by atoms with E-state index in [0.717, 1.165) is 107 Å². The fraction of sp³-hybridized carbons (Fsp3) is 0.216. The van der Waals surface area contributed by atoms with Gasteiger partial charge < -0.3 is 33.9 Å². The van der Waals surface area contributed by atoms with Gasteiger partial charge in [-0.25, -0.2) is 4.79 Å². The zero-order chi connectivity index (χ0) is 59.2. The largest absolute Gasteiger partial charge is 0.487 e. The first-order valence-electron chi connectivity index (χ1n) is 30.8. The van der Waals surface area contributed by atoms with Gasteiger partial charge in [-0.15, -0.1) is 0 Å². The third kappa shape index (κ3) is 11.8. The van der Waals surface area contributed by atoms with Crippen LogP contribution in [0, 0.1) is 11.3 Å². The molecule has 0 aliphatic carbocycles. The van der Waals surface area contributed by atoms with Crippen LogP contribution in [0.2, 0.25) is 0 Å². The summed E-state index contributed by atoms with van der Waals surface area (Å²) >= 11 is 0. The van der Waals surface area contributed by atoms with Gasteiger partial charge in [-0.3, -0.25) is 0 Å². The minimum absolute atomic E-state index is 0.291. The Balaban J connectivity index is 0.914. The van der Waals surface area contributed by atoms with Gasteiger partial charge in [-0.2, -0.15) is 5.26 Å². The van der Waals surface area contributed by atoms with Gasteiger partial charge in [0.2, 0.25) is 7.28 Å². The molecule has 0 amide bonds. The Morgan fingerprint density at radius 3 is 1.46 bits per heavy atom. The molecule has 0 saturated carbocycles. The Morgan fingerprint density at radius 1 is 0.471 bits per heavy atom. The minimum atomic E-state index is -1.31. The number of unbranched alkanes of at least 4 members (excludes halogenated alkanes) is 6. The van der Waals surface area contributed by atoms with Crippen LogP contribution in [0.4, 0.5) is 34.1 Å². The summed E-state index contributed by atoms with van der Waals surface area (Å²) in [5.74, 6) is 0.832. The lowest BCUT2D eigenvalue weighted by Crippen LogP contribution is -2.16. The molecule has 0 spiro atoms. The minimum Gasteiger partial charge on any atom is -0.487 e. The summed E-state index contributed by atoms with van der Waals surface area (Å²) in [5.41, 5.74) is 17.1. The maximum atomic E-state index is 12.1. The first-order valence-corrected chi connectivity index (χ1v) is 30.8. The van der Waals surface area contributed by atoms with E-state index >= 15 is 0 Å². The van der Waals surface area contributed by atoms with Crippen molar-refractivity contribution in [1.29, 1.82) is 5.26 Å². The Hall–Kier alpha value is -9.26. The third-order valence-electron chi connectivity index (χ3n) is 17.0. The lowest BCUT2D eigenvalue weighted by atomic mass is 9.46. The summed E-state index contributed by atoms with van der Waals surface area (Å²) in [5, 5.41) is 24.3. The molecule has 0 bridgehead atoms. The molecule has 424 valence electrons. The van der Waals surface area contributed by atoms with E-state index in [4.69, 9.17) is 18.9 Å². The molecule has 6 aliphatic heterocycles. The summed E-state index contributed by atoms with van der Waals surface area (Å²) in [4.78, 5) is 16.9. The van der Waals surface area contributed by atoms with Crippen LogP contribution in [-0.2, 0) is 23.7 Å². The van der Waals surface area contributed by atoms with Crippen molar-refractivity contribution in [2.24, 2.45) is 0 Å². The molecule has 7 aromatic carbocycles. The van der Waals surface area contributed by atoms with Crippen LogP contribution in [0.25, 0.3) is 27.0 Å². The fourth-order valence-electron chi connectivity index (χ4n) is 12.8. The van der Waals surface area contributed by atoms with Crippen molar-refractivity contribution in [3.05, 3.63) is 266 Å². The van der Waals surface area contributed by atoms with Gasteiger partial charge in [0.15, 0.2) is 44.9 Å². The number of para-hydroxylation sites is 2. The van der Waals surface area contributed by atoms with Crippen LogP contribution in [-0.4, -0.2) is 66.6 Å². The second-order valence-corrected chi connectivity index (χ2v) is 22.8. The topological polar surface area (TPSA) is 104 Å². The summed E-state index contributed by atoms with van der Waals surface area (Å²) < 4.78 is 25.5. The second-order valence-electron chi connectivity index (χ2n) is 22.8. The van der Waals surface area contributed by atoms with Crippen molar-refractivity contribution in [2.75, 3.05) is 36.2 Å². The lowest BCUT2D eigenvalue weighted by Gasteiger charge is -2.31. The standard InChI is InChI=1S/C74H65B4N3O6/c1-3-5-7-11-25-52-43-62(66-53(26-12-8-6-4-2)44-63(76-66)67-71-73(87-38-37-85-71)69(78-67)68-72-70(84-35-36-86-72)64(77-68)45-55(47-79)74(82)83)75-65(52)54-41-60(80(56-27-13-9-14-28-56)58-33-31-48-21-17-19-23-50(48)39-58)46-61(42-54)81(57-29-15-10-16-30-57)59-34-32-49-22-18-20-24-51(49)40-59/h9-10,13-24,27-34,39-46H,3-8,11-12,25-26,35-38H2,1-2H3,(H,82,83)/b55-45-. The Morgan fingerprint density at radius 2 is 0.931 bits per heavy atom. The van der Waals surface area contributed by atoms with Crippen LogP contribution in [0.15, 0.2) is 260 Å². The second kappa shape index (κ2) is 25.8. The highest BCUT2D eigenvalue weighted by Crippen LogP contribution is 2.48. The average molecular weight is 1140 g/mol. The molecule has 7 aromatic rings. The molecular weight excluding hydrogens is 1070 g/mol. The smallest absolute Gasteiger partial charge is 0.346 e. The molecule has 0 aromatic heterocycles. The van der Waals surface area contributed by atoms with Crippen molar-refractivity contribution in [3.8, 4) is 6.07 Å². The first kappa shape index (κ1) is 56.8. The predicted octanol–water partition coefficient (Wildman–Crippen LogP) is 17.0. The molecule has 0 atom stereocenters. The van der Waals surface area contributed by atoms with Crippen LogP contribution >= 0.6 is 0 Å². The molecule has 2 saturated heterocycles. The van der Waals surface area contributed by atoms with E-state index in [0.29, 0.717) is 60.4 Å². The van der Waals surface area contributed by atoms with E-state index in [2.05, 4.69) is 221 Å². The number of aliphatic carboxylic acids is 1. The number of carboxylic acid groups (broad SMARTS) is 1. The third-order valence-corrected chi connectivity index (χ3v) is 17.0. The number of nitrogens with zero attached hydrogens (tertiary/aromatic N) is 3. The van der Waals surface area contributed by atoms with E-state index in [9.17, 15) is 15.2 Å². The SMILES string of the molecule is CCCCCCC1=C(C2=CC(CCCCCC)=C(c3cc(N(c4ccccc4)c4ccc5ccccc5c4)cc(N(c4ccccc4)c4ccc5ccccc5c4)c3)[B]2)[B]C(C2=C3OCCOC3=C(C3=C4OCCOC4=C(/C=C(/C#N)C(=O)O)[B]3)[B]2)=C1. The predicted molar refractivity (Wildman–Crippen MR) is 355 cm³/mol. The molecule has 2 fully saturated rings. The zero-order valence-electron chi connectivity index (χ0n) is 49.4. The van der Waals surface area contributed by atoms with Gasteiger partial charge in [-0.1, -0.05) is 195 Å². The Labute approximate surface area is 513 Å². The summed E-state index contributed by atoms with van der Waals surface area (Å²) in [7, 11) is 8.75. The number of nitriles is 1. The van der Waals surface area contributed by atoms with Crippen molar-refractivity contribution >= 4 is 96.2 Å². The number of hydrogen-bond acceptors (Lipinski definition) is 8. The zero-order valence-corrected chi connectivity index (χ0v) is 49.4. The first-order chi connectivity index (χ1) is 42.8. The average Bonchev–Trinajstić information content (AvgIpc) is 1.75. The Kier molecular flexibility index (Phi) is 16.8. The van der Waals surface area contributed by atoms with Crippen LogP contribution < -0.4 is 9.80 Å². The number of carboxylic acids is 1. The highest BCUT2D eigenvalue weighted by atomic mass is 16.6. The van der Waals surface area contributed by atoms with E-state index in [1.165, 1.54) is 68.0 Å². The van der Waals surface area contributed by atoms with E-state index in [1.807, 2.05) is 13.3 Å². The van der Waals surface area contributed by atoms with Crippen LogP contribution in [0.3, 0.4) is 0 Å². The van der Waals surface area contributed by atoms with Gasteiger partial charge in [0.05, 0.1) is 0 Å². The van der Waals surface area contributed by atoms with Gasteiger partial charge in [0.25, 0.3) is 0 Å².